The zero-order valence-electron chi connectivity index (χ0n) is 11.2. The van der Waals surface area contributed by atoms with Gasteiger partial charge >= 0.3 is 0 Å². The first-order chi connectivity index (χ1) is 8.99. The van der Waals surface area contributed by atoms with E-state index in [1.807, 2.05) is 19.9 Å². The first-order valence-electron chi connectivity index (χ1n) is 6.22. The maximum atomic E-state index is 14.1. The predicted octanol–water partition coefficient (Wildman–Crippen LogP) is 3.47. The average Bonchev–Trinajstić information content (AvgIpc) is 2.66. The van der Waals surface area contributed by atoms with Gasteiger partial charge < -0.3 is 5.32 Å². The van der Waals surface area contributed by atoms with Gasteiger partial charge in [-0.1, -0.05) is 37.6 Å². The molecular formula is C14H17ClFN3. The van der Waals surface area contributed by atoms with Crippen LogP contribution in [-0.4, -0.2) is 15.8 Å². The Hall–Kier alpha value is -1.39. The Balaban J connectivity index is 2.42. The molecule has 0 aliphatic rings. The number of hydrogen-bond donors (Lipinski definition) is 1. The molecule has 0 saturated carbocycles. The number of aromatic nitrogens is 2. The van der Waals surface area contributed by atoms with Crippen molar-refractivity contribution >= 4 is 11.6 Å². The number of rotatable bonds is 4. The van der Waals surface area contributed by atoms with Crippen molar-refractivity contribution in [3.8, 4) is 5.69 Å². The second-order valence-electron chi connectivity index (χ2n) is 4.79. The standard InChI is InChI=1S/C14H17ClFN3/c1-9(2)17-7-11-5-4-6-13(16)14(11)19-8-12(15)10(3)18-19/h4-6,8-9,17H,7H2,1-3H3. The molecule has 0 fully saturated rings. The highest BCUT2D eigenvalue weighted by molar-refractivity contribution is 6.31. The summed E-state index contributed by atoms with van der Waals surface area (Å²) < 4.78 is 15.6. The summed E-state index contributed by atoms with van der Waals surface area (Å²) in [4.78, 5) is 0. The van der Waals surface area contributed by atoms with Crippen molar-refractivity contribution < 1.29 is 4.39 Å². The highest BCUT2D eigenvalue weighted by Crippen LogP contribution is 2.22. The molecule has 0 radical (unpaired) electrons. The number of halogens is 2. The fourth-order valence-electron chi connectivity index (χ4n) is 1.83. The summed E-state index contributed by atoms with van der Waals surface area (Å²) in [5.74, 6) is -0.303. The fourth-order valence-corrected chi connectivity index (χ4v) is 1.96. The van der Waals surface area contributed by atoms with Gasteiger partial charge in [-0.15, -0.1) is 0 Å². The van der Waals surface area contributed by atoms with Crippen LogP contribution in [-0.2, 0) is 6.54 Å². The van der Waals surface area contributed by atoms with Crippen LogP contribution in [0.25, 0.3) is 5.69 Å². The Kier molecular flexibility index (Phi) is 4.22. The zero-order valence-corrected chi connectivity index (χ0v) is 12.0. The summed E-state index contributed by atoms with van der Waals surface area (Å²) in [5.41, 5.74) is 1.99. The van der Waals surface area contributed by atoms with Crippen molar-refractivity contribution in [2.24, 2.45) is 0 Å². The van der Waals surface area contributed by atoms with Crippen LogP contribution in [0, 0.1) is 12.7 Å². The summed E-state index contributed by atoms with van der Waals surface area (Å²) in [5, 5.41) is 8.06. The van der Waals surface area contributed by atoms with Gasteiger partial charge in [0.25, 0.3) is 0 Å². The molecule has 2 rings (SSSR count). The minimum Gasteiger partial charge on any atom is -0.310 e. The van der Waals surface area contributed by atoms with Crippen LogP contribution in [0.5, 0.6) is 0 Å². The van der Waals surface area contributed by atoms with E-state index in [9.17, 15) is 4.39 Å². The van der Waals surface area contributed by atoms with E-state index >= 15 is 0 Å². The molecule has 0 bridgehead atoms. The van der Waals surface area contributed by atoms with Gasteiger partial charge in [0.2, 0.25) is 0 Å². The highest BCUT2D eigenvalue weighted by Gasteiger charge is 2.13. The molecule has 1 heterocycles. The van der Waals surface area contributed by atoms with E-state index in [2.05, 4.69) is 10.4 Å². The van der Waals surface area contributed by atoms with Gasteiger partial charge in [-0.05, 0) is 18.6 Å². The maximum Gasteiger partial charge on any atom is 0.149 e. The lowest BCUT2D eigenvalue weighted by atomic mass is 10.1. The monoisotopic (exact) mass is 281 g/mol. The topological polar surface area (TPSA) is 29.9 Å². The largest absolute Gasteiger partial charge is 0.310 e. The molecule has 102 valence electrons. The molecule has 1 N–H and O–H groups in total. The van der Waals surface area contributed by atoms with E-state index < -0.39 is 0 Å². The zero-order chi connectivity index (χ0) is 14.0. The van der Waals surface area contributed by atoms with Gasteiger partial charge in [0.1, 0.15) is 11.5 Å². The maximum absolute atomic E-state index is 14.1. The van der Waals surface area contributed by atoms with Crippen LogP contribution in [0.1, 0.15) is 25.1 Å². The minimum absolute atomic E-state index is 0.303. The molecule has 1 aromatic heterocycles. The van der Waals surface area contributed by atoms with E-state index in [1.165, 1.54) is 10.7 Å². The third kappa shape index (κ3) is 3.14. The van der Waals surface area contributed by atoms with Crippen LogP contribution in [0.4, 0.5) is 4.39 Å². The molecule has 0 amide bonds. The van der Waals surface area contributed by atoms with Crippen molar-refractivity contribution in [1.82, 2.24) is 15.1 Å². The number of hydrogen-bond acceptors (Lipinski definition) is 2. The van der Waals surface area contributed by atoms with Crippen molar-refractivity contribution in [3.63, 3.8) is 0 Å². The lowest BCUT2D eigenvalue weighted by molar-refractivity contribution is 0.572. The fraction of sp³-hybridized carbons (Fsp3) is 0.357. The molecule has 0 atom stereocenters. The molecule has 5 heteroatoms. The minimum atomic E-state index is -0.303. The second-order valence-corrected chi connectivity index (χ2v) is 5.20. The van der Waals surface area contributed by atoms with Crippen LogP contribution < -0.4 is 5.32 Å². The van der Waals surface area contributed by atoms with Gasteiger partial charge in [0, 0.05) is 18.8 Å². The SMILES string of the molecule is Cc1nn(-c2c(F)cccc2CNC(C)C)cc1Cl. The Morgan fingerprint density at radius 2 is 2.16 bits per heavy atom. The van der Waals surface area contributed by atoms with Gasteiger partial charge in [0.15, 0.2) is 0 Å². The third-order valence-corrected chi connectivity index (χ3v) is 3.21. The Bertz CT molecular complexity index is 559. The summed E-state index contributed by atoms with van der Waals surface area (Å²) in [6.07, 6.45) is 1.63. The number of para-hydroxylation sites is 1. The summed E-state index contributed by atoms with van der Waals surface area (Å²) in [6.45, 7) is 6.48. The number of aryl methyl sites for hydroxylation is 1. The molecule has 0 aliphatic heterocycles. The quantitative estimate of drug-likeness (QED) is 0.930. The van der Waals surface area contributed by atoms with E-state index in [0.717, 1.165) is 5.56 Å². The molecule has 0 unspecified atom stereocenters. The van der Waals surface area contributed by atoms with Crippen molar-refractivity contribution in [2.75, 3.05) is 0 Å². The van der Waals surface area contributed by atoms with E-state index in [-0.39, 0.29) is 5.82 Å². The molecule has 2 aromatic rings. The number of nitrogens with one attached hydrogen (secondary N) is 1. The van der Waals surface area contributed by atoms with Gasteiger partial charge in [-0.25, -0.2) is 9.07 Å². The lowest BCUT2D eigenvalue weighted by Gasteiger charge is -2.13. The Morgan fingerprint density at radius 1 is 1.42 bits per heavy atom. The highest BCUT2D eigenvalue weighted by atomic mass is 35.5. The van der Waals surface area contributed by atoms with E-state index in [4.69, 9.17) is 11.6 Å². The Labute approximate surface area is 117 Å². The van der Waals surface area contributed by atoms with Gasteiger partial charge in [-0.2, -0.15) is 5.10 Å². The molecule has 0 spiro atoms. The van der Waals surface area contributed by atoms with Crippen molar-refractivity contribution in [3.05, 3.63) is 46.5 Å². The lowest BCUT2D eigenvalue weighted by Crippen LogP contribution is -2.23. The summed E-state index contributed by atoms with van der Waals surface area (Å²) in [6, 6.07) is 5.35. The number of nitrogens with zero attached hydrogens (tertiary/aromatic N) is 2. The van der Waals surface area contributed by atoms with Crippen LogP contribution in [0.3, 0.4) is 0 Å². The van der Waals surface area contributed by atoms with Gasteiger partial charge in [0.05, 0.1) is 10.7 Å². The van der Waals surface area contributed by atoms with Crippen LogP contribution >= 0.6 is 11.6 Å². The van der Waals surface area contributed by atoms with Crippen molar-refractivity contribution in [1.29, 1.82) is 0 Å². The van der Waals surface area contributed by atoms with Crippen LogP contribution in [0.2, 0.25) is 5.02 Å². The Morgan fingerprint density at radius 3 is 2.74 bits per heavy atom. The molecule has 0 aliphatic carbocycles. The predicted molar refractivity (Wildman–Crippen MR) is 75.2 cm³/mol. The smallest absolute Gasteiger partial charge is 0.149 e. The van der Waals surface area contributed by atoms with E-state index in [0.29, 0.717) is 29.0 Å². The second kappa shape index (κ2) is 5.72. The normalized spacial score (nSPS) is 11.3. The third-order valence-electron chi connectivity index (χ3n) is 2.84. The summed E-state index contributed by atoms with van der Waals surface area (Å²) >= 11 is 5.99. The first kappa shape index (κ1) is 14.0. The summed E-state index contributed by atoms with van der Waals surface area (Å²) in [7, 11) is 0. The van der Waals surface area contributed by atoms with Gasteiger partial charge in [-0.3, -0.25) is 0 Å². The van der Waals surface area contributed by atoms with E-state index in [1.54, 1.807) is 19.2 Å². The molecule has 19 heavy (non-hydrogen) atoms. The first-order valence-corrected chi connectivity index (χ1v) is 6.59. The van der Waals surface area contributed by atoms with Crippen molar-refractivity contribution in [2.45, 2.75) is 33.4 Å². The average molecular weight is 282 g/mol. The van der Waals surface area contributed by atoms with Crippen LogP contribution in [0.15, 0.2) is 24.4 Å². The molecule has 0 saturated heterocycles. The molecular weight excluding hydrogens is 265 g/mol. The molecule has 1 aromatic carbocycles. The molecule has 3 nitrogen and oxygen atoms in total. The number of benzene rings is 1.